The van der Waals surface area contributed by atoms with Crippen molar-refractivity contribution in [3.63, 3.8) is 0 Å². The molecule has 1 unspecified atom stereocenters. The molecule has 11 nitrogen and oxygen atoms in total. The fraction of sp³-hybridized carbons (Fsp3) is 0.333. The summed E-state index contributed by atoms with van der Waals surface area (Å²) < 4.78 is 6.74. The van der Waals surface area contributed by atoms with Gasteiger partial charge in [-0.2, -0.15) is 4.98 Å². The molecule has 1 aromatic carbocycles. The maximum absolute atomic E-state index is 12.3. The van der Waals surface area contributed by atoms with E-state index in [1.807, 2.05) is 18.2 Å². The number of amides is 1. The highest BCUT2D eigenvalue weighted by molar-refractivity contribution is 5.91. The summed E-state index contributed by atoms with van der Waals surface area (Å²) in [6.45, 7) is -0.490. The van der Waals surface area contributed by atoms with Gasteiger partial charge in [-0.05, 0) is 5.56 Å². The number of ether oxygens (including phenoxy) is 1. The molecule has 0 radical (unpaired) electrons. The third-order valence-corrected chi connectivity index (χ3v) is 4.69. The van der Waals surface area contributed by atoms with Gasteiger partial charge < -0.3 is 20.1 Å². The smallest absolute Gasteiger partial charge is 0.280 e. The molecule has 3 heterocycles. The van der Waals surface area contributed by atoms with Crippen LogP contribution in [0.4, 0.5) is 5.95 Å². The van der Waals surface area contributed by atoms with E-state index in [2.05, 4.69) is 20.3 Å². The Bertz CT molecular complexity index is 1080. The molecule has 5 N–H and O–H groups in total. The highest BCUT2D eigenvalue weighted by atomic mass is 16.6. The average molecular weight is 401 g/mol. The van der Waals surface area contributed by atoms with Crippen molar-refractivity contribution < 1.29 is 24.9 Å². The zero-order valence-electron chi connectivity index (χ0n) is 15.1. The SMILES string of the molecule is O=C(Cc1ccccc1)Nc1nc2c(ncn2[C@@H]2O[C@H](CO)[C@H](O)C2O)c(=O)[nH]1. The number of hydrogen-bond donors (Lipinski definition) is 5. The van der Waals surface area contributed by atoms with Crippen molar-refractivity contribution in [3.8, 4) is 0 Å². The number of benzene rings is 1. The molecule has 29 heavy (non-hydrogen) atoms. The van der Waals surface area contributed by atoms with E-state index < -0.39 is 36.7 Å². The molecule has 152 valence electrons. The highest BCUT2D eigenvalue weighted by Gasteiger charge is 2.44. The van der Waals surface area contributed by atoms with Crippen molar-refractivity contribution in [2.45, 2.75) is 31.0 Å². The van der Waals surface area contributed by atoms with Gasteiger partial charge in [0.05, 0.1) is 19.4 Å². The maximum Gasteiger partial charge on any atom is 0.280 e. The molecule has 0 saturated carbocycles. The Morgan fingerprint density at radius 3 is 2.69 bits per heavy atom. The first-order valence-electron chi connectivity index (χ1n) is 8.91. The Hall–Kier alpha value is -3.12. The molecule has 1 fully saturated rings. The summed E-state index contributed by atoms with van der Waals surface area (Å²) >= 11 is 0. The van der Waals surface area contributed by atoms with E-state index in [1.54, 1.807) is 12.1 Å². The molecule has 1 amide bonds. The van der Waals surface area contributed by atoms with E-state index >= 15 is 0 Å². The maximum atomic E-state index is 12.3. The average Bonchev–Trinajstić information content (AvgIpc) is 3.24. The quantitative estimate of drug-likeness (QED) is 0.360. The second-order valence-corrected chi connectivity index (χ2v) is 6.68. The molecule has 1 aliphatic rings. The predicted octanol–water partition coefficient (Wildman–Crippen LogP) is -1.09. The minimum atomic E-state index is -1.36. The van der Waals surface area contributed by atoms with Gasteiger partial charge >= 0.3 is 0 Å². The number of nitrogens with one attached hydrogen (secondary N) is 2. The van der Waals surface area contributed by atoms with Gasteiger partial charge in [0.15, 0.2) is 17.4 Å². The van der Waals surface area contributed by atoms with Crippen molar-refractivity contribution in [1.29, 1.82) is 0 Å². The summed E-state index contributed by atoms with van der Waals surface area (Å²) in [5.41, 5.74) is 0.239. The molecule has 2 aromatic heterocycles. The minimum absolute atomic E-state index is 0.0243. The number of nitrogens with zero attached hydrogens (tertiary/aromatic N) is 3. The number of aliphatic hydroxyl groups excluding tert-OH is 3. The van der Waals surface area contributed by atoms with Crippen LogP contribution in [-0.4, -0.2) is 65.7 Å². The standard InChI is InChI=1S/C18H19N5O6/c24-7-10-13(26)14(27)17(29-10)23-8-19-12-15(23)21-18(22-16(12)28)20-11(25)6-9-4-2-1-3-5-9/h1-5,8,10,13-14,17,24,26-27H,6-7H2,(H2,20,21,22,25,28)/t10-,13+,14?,17-/m1/s1. The summed E-state index contributed by atoms with van der Waals surface area (Å²) in [7, 11) is 0. The van der Waals surface area contributed by atoms with Crippen LogP contribution in [0, 0.1) is 0 Å². The first-order chi connectivity index (χ1) is 14.0. The van der Waals surface area contributed by atoms with E-state index in [4.69, 9.17) is 4.74 Å². The Labute approximate surface area is 163 Å². The number of carbonyl (C=O) groups is 1. The summed E-state index contributed by atoms with van der Waals surface area (Å²) in [6, 6.07) is 9.07. The van der Waals surface area contributed by atoms with E-state index in [-0.39, 0.29) is 29.4 Å². The molecule has 1 aliphatic heterocycles. The van der Waals surface area contributed by atoms with E-state index in [1.165, 1.54) is 10.9 Å². The first kappa shape index (κ1) is 19.2. The topological polar surface area (TPSA) is 163 Å². The molecule has 3 aromatic rings. The lowest BCUT2D eigenvalue weighted by Crippen LogP contribution is -2.33. The fourth-order valence-electron chi connectivity index (χ4n) is 3.24. The molecule has 0 bridgehead atoms. The van der Waals surface area contributed by atoms with Crippen LogP contribution in [0.1, 0.15) is 11.8 Å². The van der Waals surface area contributed by atoms with Gasteiger partial charge in [0.25, 0.3) is 5.56 Å². The van der Waals surface area contributed by atoms with Gasteiger partial charge in [0, 0.05) is 0 Å². The summed E-state index contributed by atoms with van der Waals surface area (Å²) in [5, 5.41) is 32.0. The minimum Gasteiger partial charge on any atom is -0.394 e. The predicted molar refractivity (Wildman–Crippen MR) is 99.9 cm³/mol. The van der Waals surface area contributed by atoms with Gasteiger partial charge in [-0.25, -0.2) is 4.98 Å². The number of H-pyrrole nitrogens is 1. The van der Waals surface area contributed by atoms with Crippen LogP contribution in [0.2, 0.25) is 0 Å². The van der Waals surface area contributed by atoms with Gasteiger partial charge in [0.2, 0.25) is 11.9 Å². The van der Waals surface area contributed by atoms with Gasteiger partial charge in [-0.3, -0.25) is 24.5 Å². The molecule has 11 heteroatoms. The third kappa shape index (κ3) is 3.63. The molecular weight excluding hydrogens is 382 g/mol. The van der Waals surface area contributed by atoms with Crippen LogP contribution in [-0.2, 0) is 16.0 Å². The van der Waals surface area contributed by atoms with Gasteiger partial charge in [-0.15, -0.1) is 0 Å². The monoisotopic (exact) mass is 401 g/mol. The van der Waals surface area contributed by atoms with E-state index in [9.17, 15) is 24.9 Å². The lowest BCUT2D eigenvalue weighted by molar-refractivity contribution is -0.115. The number of carbonyl (C=O) groups excluding carboxylic acids is 1. The Balaban J connectivity index is 1.62. The molecular formula is C18H19N5O6. The number of imidazole rings is 1. The number of hydrogen-bond acceptors (Lipinski definition) is 8. The molecule has 0 aliphatic carbocycles. The van der Waals surface area contributed by atoms with Crippen molar-refractivity contribution in [2.75, 3.05) is 11.9 Å². The zero-order valence-corrected chi connectivity index (χ0v) is 15.1. The van der Waals surface area contributed by atoms with Crippen molar-refractivity contribution in [3.05, 3.63) is 52.6 Å². The zero-order chi connectivity index (χ0) is 20.5. The second-order valence-electron chi connectivity index (χ2n) is 6.68. The summed E-state index contributed by atoms with van der Waals surface area (Å²) in [5.74, 6) is -0.463. The van der Waals surface area contributed by atoms with Crippen LogP contribution < -0.4 is 10.9 Å². The van der Waals surface area contributed by atoms with Gasteiger partial charge in [0.1, 0.15) is 18.3 Å². The normalized spacial score (nSPS) is 24.1. The highest BCUT2D eigenvalue weighted by Crippen LogP contribution is 2.30. The lowest BCUT2D eigenvalue weighted by Gasteiger charge is -2.16. The molecule has 0 spiro atoms. The van der Waals surface area contributed by atoms with Crippen LogP contribution >= 0.6 is 0 Å². The molecule has 4 rings (SSSR count). The summed E-state index contributed by atoms with van der Waals surface area (Å²) in [4.78, 5) is 35.2. The number of rotatable bonds is 5. The second kappa shape index (κ2) is 7.72. The number of anilines is 1. The van der Waals surface area contributed by atoms with Crippen LogP contribution in [0.5, 0.6) is 0 Å². The third-order valence-electron chi connectivity index (χ3n) is 4.69. The Morgan fingerprint density at radius 1 is 1.24 bits per heavy atom. The summed E-state index contributed by atoms with van der Waals surface area (Å²) in [6.07, 6.45) is -3.43. The van der Waals surface area contributed by atoms with Gasteiger partial charge in [-0.1, -0.05) is 30.3 Å². The van der Waals surface area contributed by atoms with Crippen molar-refractivity contribution in [2.24, 2.45) is 0 Å². The van der Waals surface area contributed by atoms with Crippen LogP contribution in [0.15, 0.2) is 41.5 Å². The van der Waals surface area contributed by atoms with Crippen LogP contribution in [0.3, 0.4) is 0 Å². The fourth-order valence-corrected chi connectivity index (χ4v) is 3.24. The number of fused-ring (bicyclic) bond motifs is 1. The van der Waals surface area contributed by atoms with Crippen molar-refractivity contribution in [1.82, 2.24) is 19.5 Å². The first-order valence-corrected chi connectivity index (χ1v) is 8.91. The van der Waals surface area contributed by atoms with E-state index in [0.29, 0.717) is 0 Å². The molecule has 1 saturated heterocycles. The number of aromatic amines is 1. The number of aliphatic hydroxyl groups is 3. The largest absolute Gasteiger partial charge is 0.394 e. The van der Waals surface area contributed by atoms with Crippen LogP contribution in [0.25, 0.3) is 11.2 Å². The number of aromatic nitrogens is 4. The van der Waals surface area contributed by atoms with Crippen molar-refractivity contribution >= 4 is 23.0 Å². The molecule has 4 atom stereocenters. The lowest BCUT2D eigenvalue weighted by atomic mass is 10.1. The Morgan fingerprint density at radius 2 is 2.00 bits per heavy atom. The Kier molecular flexibility index (Phi) is 5.11. The van der Waals surface area contributed by atoms with E-state index in [0.717, 1.165) is 5.56 Å².